The Morgan fingerprint density at radius 3 is 2.57 bits per heavy atom. The van der Waals surface area contributed by atoms with Crippen molar-refractivity contribution >= 4 is 18.1 Å². The van der Waals surface area contributed by atoms with Crippen LogP contribution >= 0.6 is 12.4 Å². The number of nitrogens with one attached hydrogen (secondary N) is 1. The van der Waals surface area contributed by atoms with Crippen LogP contribution in [0.4, 0.5) is 5.69 Å². The predicted molar refractivity (Wildman–Crippen MR) is 83.4 cm³/mol. The zero-order valence-electron chi connectivity index (χ0n) is 11.9. The lowest BCUT2D eigenvalue weighted by molar-refractivity contribution is -0.384. The van der Waals surface area contributed by atoms with Gasteiger partial charge >= 0.3 is 0 Å². The maximum absolute atomic E-state index is 10.9. The Kier molecular flexibility index (Phi) is 5.42. The second-order valence-electron chi connectivity index (χ2n) is 5.76. The number of rotatable bonds is 5. The molecule has 1 aromatic rings. The quantitative estimate of drug-likeness (QED) is 0.669. The molecule has 6 heteroatoms. The van der Waals surface area contributed by atoms with E-state index in [4.69, 9.17) is 4.74 Å². The van der Waals surface area contributed by atoms with Crippen LogP contribution in [0.5, 0.6) is 5.75 Å². The van der Waals surface area contributed by atoms with Gasteiger partial charge in [0.25, 0.3) is 5.69 Å². The molecule has 1 N–H and O–H groups in total. The zero-order chi connectivity index (χ0) is 13.9. The van der Waals surface area contributed by atoms with Crippen LogP contribution in [0.25, 0.3) is 0 Å². The number of ether oxygens (including phenoxy) is 1. The van der Waals surface area contributed by atoms with Crippen LogP contribution in [-0.4, -0.2) is 24.6 Å². The fourth-order valence-corrected chi connectivity index (χ4v) is 2.75. The van der Waals surface area contributed by atoms with Crippen molar-refractivity contribution in [2.75, 3.05) is 19.7 Å². The van der Waals surface area contributed by atoms with Crippen molar-refractivity contribution in [2.24, 2.45) is 5.92 Å². The molecule has 0 atom stereocenters. The molecule has 116 valence electrons. The maximum Gasteiger partial charge on any atom is 0.269 e. The summed E-state index contributed by atoms with van der Waals surface area (Å²) in [5, 5.41) is 14.2. The van der Waals surface area contributed by atoms with E-state index in [9.17, 15) is 10.1 Å². The van der Waals surface area contributed by atoms with Gasteiger partial charge in [-0.2, -0.15) is 0 Å². The van der Waals surface area contributed by atoms with E-state index in [0.717, 1.165) is 56.7 Å². The van der Waals surface area contributed by atoms with Crippen molar-refractivity contribution in [1.82, 2.24) is 5.32 Å². The fourth-order valence-electron chi connectivity index (χ4n) is 2.75. The Labute approximate surface area is 130 Å². The summed E-state index contributed by atoms with van der Waals surface area (Å²) < 4.78 is 5.96. The Balaban J connectivity index is 0.00000161. The molecular weight excluding hydrogens is 292 g/mol. The van der Waals surface area contributed by atoms with E-state index in [1.165, 1.54) is 0 Å². The number of piperidine rings is 1. The Hall–Kier alpha value is -1.33. The van der Waals surface area contributed by atoms with Gasteiger partial charge in [-0.15, -0.1) is 12.4 Å². The van der Waals surface area contributed by atoms with Crippen LogP contribution in [-0.2, 0) is 0 Å². The number of halogens is 1. The minimum Gasteiger partial charge on any atom is -0.493 e. The van der Waals surface area contributed by atoms with Crippen molar-refractivity contribution in [2.45, 2.75) is 31.6 Å². The molecule has 0 aromatic heterocycles. The van der Waals surface area contributed by atoms with Gasteiger partial charge in [-0.1, -0.05) is 0 Å². The van der Waals surface area contributed by atoms with Crippen LogP contribution in [0.15, 0.2) is 18.2 Å². The molecule has 0 bridgehead atoms. The summed E-state index contributed by atoms with van der Waals surface area (Å²) in [5.74, 6) is 1.90. The number of benzene rings is 1. The highest BCUT2D eigenvalue weighted by Gasteiger charge is 2.29. The second-order valence-corrected chi connectivity index (χ2v) is 5.76. The second kappa shape index (κ2) is 7.09. The maximum atomic E-state index is 10.9. The van der Waals surface area contributed by atoms with Gasteiger partial charge in [0.1, 0.15) is 5.75 Å². The van der Waals surface area contributed by atoms with Gasteiger partial charge in [-0.25, -0.2) is 0 Å². The van der Waals surface area contributed by atoms with E-state index < -0.39 is 0 Å². The SMILES string of the molecule is Cl.O=[N+]([O-])c1ccc(OCC2CCNCC2)c(C2CC2)c1. The third kappa shape index (κ3) is 4.08. The normalized spacial score (nSPS) is 18.9. The van der Waals surface area contributed by atoms with E-state index in [1.54, 1.807) is 18.2 Å². The monoisotopic (exact) mass is 312 g/mol. The van der Waals surface area contributed by atoms with Crippen molar-refractivity contribution in [3.8, 4) is 5.75 Å². The van der Waals surface area contributed by atoms with Crippen molar-refractivity contribution < 1.29 is 9.66 Å². The van der Waals surface area contributed by atoms with Crippen molar-refractivity contribution in [3.63, 3.8) is 0 Å². The molecule has 0 amide bonds. The summed E-state index contributed by atoms with van der Waals surface area (Å²) in [5.41, 5.74) is 1.19. The molecule has 2 aliphatic rings. The first-order chi connectivity index (χ1) is 9.74. The van der Waals surface area contributed by atoms with E-state index in [-0.39, 0.29) is 23.0 Å². The summed E-state index contributed by atoms with van der Waals surface area (Å²) in [6.45, 7) is 2.84. The minimum atomic E-state index is -0.331. The lowest BCUT2D eigenvalue weighted by Crippen LogP contribution is -2.30. The number of non-ortho nitro benzene ring substituents is 1. The molecule has 1 saturated carbocycles. The molecule has 1 aliphatic carbocycles. The van der Waals surface area contributed by atoms with Crippen molar-refractivity contribution in [1.29, 1.82) is 0 Å². The van der Waals surface area contributed by atoms with Gasteiger partial charge < -0.3 is 10.1 Å². The first-order valence-electron chi connectivity index (χ1n) is 7.36. The van der Waals surface area contributed by atoms with E-state index in [0.29, 0.717) is 11.8 Å². The van der Waals surface area contributed by atoms with Crippen LogP contribution in [0.2, 0.25) is 0 Å². The molecule has 0 spiro atoms. The Bertz CT molecular complexity index is 500. The number of hydrogen-bond donors (Lipinski definition) is 1. The van der Waals surface area contributed by atoms with Crippen LogP contribution < -0.4 is 10.1 Å². The third-order valence-electron chi connectivity index (χ3n) is 4.15. The van der Waals surface area contributed by atoms with E-state index in [2.05, 4.69) is 5.32 Å². The van der Waals surface area contributed by atoms with Gasteiger partial charge in [-0.3, -0.25) is 10.1 Å². The minimum absolute atomic E-state index is 0. The van der Waals surface area contributed by atoms with Crippen molar-refractivity contribution in [3.05, 3.63) is 33.9 Å². The van der Waals surface area contributed by atoms with Gasteiger partial charge in [0.2, 0.25) is 0 Å². The molecule has 1 aliphatic heterocycles. The van der Waals surface area contributed by atoms with Gasteiger partial charge in [0, 0.05) is 17.7 Å². The highest BCUT2D eigenvalue weighted by molar-refractivity contribution is 5.85. The molecule has 5 nitrogen and oxygen atoms in total. The molecule has 0 unspecified atom stereocenters. The average molecular weight is 313 g/mol. The summed E-state index contributed by atoms with van der Waals surface area (Å²) >= 11 is 0. The smallest absolute Gasteiger partial charge is 0.269 e. The first-order valence-corrected chi connectivity index (χ1v) is 7.36. The fraction of sp³-hybridized carbons (Fsp3) is 0.600. The summed E-state index contributed by atoms with van der Waals surface area (Å²) in [4.78, 5) is 10.5. The third-order valence-corrected chi connectivity index (χ3v) is 4.15. The first kappa shape index (κ1) is 16.0. The van der Waals surface area contributed by atoms with Gasteiger partial charge in [0.05, 0.1) is 11.5 Å². The Morgan fingerprint density at radius 2 is 1.95 bits per heavy atom. The number of nitrogens with zero attached hydrogens (tertiary/aromatic N) is 1. The lowest BCUT2D eigenvalue weighted by Gasteiger charge is -2.23. The van der Waals surface area contributed by atoms with Crippen LogP contribution in [0.3, 0.4) is 0 Å². The highest BCUT2D eigenvalue weighted by atomic mass is 35.5. The molecule has 0 radical (unpaired) electrons. The summed E-state index contributed by atoms with van der Waals surface area (Å²) in [6.07, 6.45) is 4.52. The molecule has 1 heterocycles. The molecule has 1 saturated heterocycles. The summed E-state index contributed by atoms with van der Waals surface area (Å²) in [7, 11) is 0. The zero-order valence-corrected chi connectivity index (χ0v) is 12.7. The average Bonchev–Trinajstić information content (AvgIpc) is 3.30. The molecular formula is C15H21ClN2O3. The molecule has 3 rings (SSSR count). The van der Waals surface area contributed by atoms with E-state index in [1.807, 2.05) is 0 Å². The standard InChI is InChI=1S/C15H20N2O3.ClH/c18-17(19)13-3-4-15(14(9-13)12-1-2-12)20-10-11-5-7-16-8-6-11;/h3-4,9,11-12,16H,1-2,5-8,10H2;1H. The van der Waals surface area contributed by atoms with Crippen LogP contribution in [0.1, 0.15) is 37.2 Å². The molecule has 21 heavy (non-hydrogen) atoms. The number of nitro groups is 1. The molecule has 1 aromatic carbocycles. The van der Waals surface area contributed by atoms with E-state index >= 15 is 0 Å². The topological polar surface area (TPSA) is 64.4 Å². The van der Waals surface area contributed by atoms with Gasteiger partial charge in [0.15, 0.2) is 0 Å². The summed E-state index contributed by atoms with van der Waals surface area (Å²) in [6, 6.07) is 5.01. The number of hydrogen-bond acceptors (Lipinski definition) is 4. The Morgan fingerprint density at radius 1 is 1.24 bits per heavy atom. The predicted octanol–water partition coefficient (Wildman–Crippen LogP) is 3.27. The highest BCUT2D eigenvalue weighted by Crippen LogP contribution is 2.45. The number of nitro benzene ring substituents is 1. The largest absolute Gasteiger partial charge is 0.493 e. The lowest BCUT2D eigenvalue weighted by atomic mass is 9.99. The van der Waals surface area contributed by atoms with Crippen LogP contribution in [0, 0.1) is 16.0 Å². The van der Waals surface area contributed by atoms with Gasteiger partial charge in [-0.05, 0) is 56.7 Å². The molecule has 2 fully saturated rings.